The molecule has 1 saturated heterocycles. The van der Waals surface area contributed by atoms with E-state index in [-0.39, 0.29) is 30.0 Å². The van der Waals surface area contributed by atoms with E-state index in [1.807, 2.05) is 18.0 Å². The summed E-state index contributed by atoms with van der Waals surface area (Å²) in [6.45, 7) is 2.90. The monoisotopic (exact) mass is 301 g/mol. The molecular weight excluding hydrogens is 281 g/mol. The number of carbonyl (C=O) groups excluding carboxylic acids is 1. The topological polar surface area (TPSA) is 44.4 Å². The zero-order valence-electron chi connectivity index (χ0n) is 11.6. The van der Waals surface area contributed by atoms with Crippen LogP contribution in [0.2, 0.25) is 0 Å². The number of anilines is 1. The fourth-order valence-corrected chi connectivity index (χ4v) is 2.03. The Labute approximate surface area is 125 Å². The van der Waals surface area contributed by atoms with Crippen molar-refractivity contribution in [2.24, 2.45) is 5.92 Å². The minimum Gasteiger partial charge on any atom is -0.372 e. The second-order valence-electron chi connectivity index (χ2n) is 4.87. The van der Waals surface area contributed by atoms with E-state index in [1.54, 1.807) is 12.1 Å². The van der Waals surface area contributed by atoms with Crippen molar-refractivity contribution in [3.8, 4) is 0 Å². The molecule has 0 radical (unpaired) electrons. The normalized spacial score (nSPS) is 14.1. The average molecular weight is 302 g/mol. The summed E-state index contributed by atoms with van der Waals surface area (Å²) < 4.78 is 13.5. The summed E-state index contributed by atoms with van der Waals surface area (Å²) in [7, 11) is 1.86. The van der Waals surface area contributed by atoms with Crippen molar-refractivity contribution in [1.82, 2.24) is 10.6 Å². The van der Waals surface area contributed by atoms with Gasteiger partial charge in [-0.15, -0.1) is 12.4 Å². The zero-order valence-corrected chi connectivity index (χ0v) is 12.4. The van der Waals surface area contributed by atoms with E-state index in [0.29, 0.717) is 18.8 Å². The van der Waals surface area contributed by atoms with Gasteiger partial charge in [-0.3, -0.25) is 4.79 Å². The Morgan fingerprint density at radius 3 is 2.75 bits per heavy atom. The Morgan fingerprint density at radius 1 is 1.45 bits per heavy atom. The number of hydrogen-bond donors (Lipinski definition) is 2. The molecule has 6 heteroatoms. The lowest BCUT2D eigenvalue weighted by atomic mass is 10.0. The van der Waals surface area contributed by atoms with Crippen LogP contribution >= 0.6 is 12.4 Å². The minimum absolute atomic E-state index is 0. The highest BCUT2D eigenvalue weighted by Gasteiger charge is 2.24. The van der Waals surface area contributed by atoms with E-state index < -0.39 is 0 Å². The van der Waals surface area contributed by atoms with E-state index in [0.717, 1.165) is 19.5 Å². The van der Waals surface area contributed by atoms with Gasteiger partial charge in [0, 0.05) is 33.2 Å². The van der Waals surface area contributed by atoms with Crippen LogP contribution in [-0.4, -0.2) is 39.1 Å². The maximum absolute atomic E-state index is 13.5. The Bertz CT molecular complexity index is 440. The molecule has 0 atom stereocenters. The van der Waals surface area contributed by atoms with Gasteiger partial charge in [0.25, 0.3) is 0 Å². The summed E-state index contributed by atoms with van der Waals surface area (Å²) in [4.78, 5) is 13.4. The molecule has 112 valence electrons. The van der Waals surface area contributed by atoms with Crippen molar-refractivity contribution in [2.75, 3.05) is 38.1 Å². The highest BCUT2D eigenvalue weighted by atomic mass is 35.5. The molecule has 0 saturated carbocycles. The Kier molecular flexibility index (Phi) is 6.75. The number of hydrogen-bond acceptors (Lipinski definition) is 3. The van der Waals surface area contributed by atoms with Gasteiger partial charge < -0.3 is 15.5 Å². The fourth-order valence-electron chi connectivity index (χ4n) is 2.03. The summed E-state index contributed by atoms with van der Waals surface area (Å²) in [6, 6.07) is 6.71. The highest BCUT2D eigenvalue weighted by molar-refractivity contribution is 5.85. The summed E-state index contributed by atoms with van der Waals surface area (Å²) >= 11 is 0. The molecule has 4 nitrogen and oxygen atoms in total. The molecular formula is C14H21ClFN3O. The molecule has 1 aromatic carbocycles. The molecule has 1 amide bonds. The lowest BCUT2D eigenvalue weighted by Crippen LogP contribution is -2.51. The van der Waals surface area contributed by atoms with Crippen LogP contribution in [0.15, 0.2) is 24.3 Å². The first-order chi connectivity index (χ1) is 9.18. The molecule has 2 N–H and O–H groups in total. The van der Waals surface area contributed by atoms with Crippen molar-refractivity contribution in [3.05, 3.63) is 30.1 Å². The lowest BCUT2D eigenvalue weighted by molar-refractivity contribution is -0.126. The standard InChI is InChI=1S/C14H20FN3O.ClH/c1-18(13-6-3-2-5-12(13)15)8-4-7-17-14(19)11-9-16-10-11;/h2-3,5-6,11,16H,4,7-10H2,1H3,(H,17,19);1H. The number of rotatable bonds is 6. The molecule has 0 aliphatic carbocycles. The summed E-state index contributed by atoms with van der Waals surface area (Å²) in [6.07, 6.45) is 0.802. The average Bonchev–Trinajstić information content (AvgIpc) is 2.33. The first-order valence-electron chi connectivity index (χ1n) is 6.62. The van der Waals surface area contributed by atoms with E-state index in [9.17, 15) is 9.18 Å². The summed E-state index contributed by atoms with van der Waals surface area (Å²) in [5, 5.41) is 5.97. The van der Waals surface area contributed by atoms with Gasteiger partial charge in [-0.25, -0.2) is 4.39 Å². The van der Waals surface area contributed by atoms with Crippen LogP contribution in [0.1, 0.15) is 6.42 Å². The van der Waals surface area contributed by atoms with Crippen LogP contribution < -0.4 is 15.5 Å². The zero-order chi connectivity index (χ0) is 13.7. The van der Waals surface area contributed by atoms with E-state index >= 15 is 0 Å². The van der Waals surface area contributed by atoms with Crippen LogP contribution in [0.3, 0.4) is 0 Å². The van der Waals surface area contributed by atoms with E-state index in [1.165, 1.54) is 6.07 Å². The molecule has 0 aromatic heterocycles. The Hall–Kier alpha value is -1.33. The third-order valence-electron chi connectivity index (χ3n) is 3.39. The smallest absolute Gasteiger partial charge is 0.225 e. The number of carbonyl (C=O) groups is 1. The molecule has 1 aliphatic heterocycles. The quantitative estimate of drug-likeness (QED) is 0.781. The van der Waals surface area contributed by atoms with Crippen molar-refractivity contribution < 1.29 is 9.18 Å². The third kappa shape index (κ3) is 4.35. The van der Waals surface area contributed by atoms with E-state index in [2.05, 4.69) is 10.6 Å². The highest BCUT2D eigenvalue weighted by Crippen LogP contribution is 2.16. The van der Waals surface area contributed by atoms with E-state index in [4.69, 9.17) is 0 Å². The molecule has 1 fully saturated rings. The number of nitrogens with one attached hydrogen (secondary N) is 2. The van der Waals surface area contributed by atoms with Crippen molar-refractivity contribution in [1.29, 1.82) is 0 Å². The largest absolute Gasteiger partial charge is 0.372 e. The molecule has 1 heterocycles. The maximum Gasteiger partial charge on any atom is 0.225 e. The number of para-hydroxylation sites is 1. The minimum atomic E-state index is -0.213. The van der Waals surface area contributed by atoms with Gasteiger partial charge in [0.15, 0.2) is 0 Å². The number of nitrogens with zero attached hydrogens (tertiary/aromatic N) is 1. The summed E-state index contributed by atoms with van der Waals surface area (Å²) in [5.41, 5.74) is 0.594. The van der Waals surface area contributed by atoms with Crippen LogP contribution in [0.25, 0.3) is 0 Å². The van der Waals surface area contributed by atoms with Crippen molar-refractivity contribution in [3.63, 3.8) is 0 Å². The second-order valence-corrected chi connectivity index (χ2v) is 4.87. The van der Waals surface area contributed by atoms with Crippen molar-refractivity contribution >= 4 is 24.0 Å². The van der Waals surface area contributed by atoms with Gasteiger partial charge >= 0.3 is 0 Å². The molecule has 0 bridgehead atoms. The number of halogens is 2. The molecule has 1 aromatic rings. The Balaban J connectivity index is 0.00000200. The number of benzene rings is 1. The van der Waals surface area contributed by atoms with Crippen molar-refractivity contribution in [2.45, 2.75) is 6.42 Å². The van der Waals surface area contributed by atoms with Gasteiger partial charge in [0.2, 0.25) is 5.91 Å². The Morgan fingerprint density at radius 2 is 2.15 bits per heavy atom. The fraction of sp³-hybridized carbons (Fsp3) is 0.500. The van der Waals surface area contributed by atoms with Gasteiger partial charge in [-0.1, -0.05) is 12.1 Å². The number of amides is 1. The van der Waals surface area contributed by atoms with Gasteiger partial charge in [-0.05, 0) is 18.6 Å². The maximum atomic E-state index is 13.5. The predicted molar refractivity (Wildman–Crippen MR) is 80.9 cm³/mol. The SMILES string of the molecule is CN(CCCNC(=O)C1CNC1)c1ccccc1F.Cl. The predicted octanol–water partition coefficient (Wildman–Crippen LogP) is 1.41. The molecule has 1 aliphatic rings. The summed E-state index contributed by atoms with van der Waals surface area (Å²) in [5.74, 6) is 0.0335. The first kappa shape index (κ1) is 16.7. The molecule has 2 rings (SSSR count). The van der Waals surface area contributed by atoms with Gasteiger partial charge in [0.1, 0.15) is 5.82 Å². The van der Waals surface area contributed by atoms with Gasteiger partial charge in [0.05, 0.1) is 11.6 Å². The third-order valence-corrected chi connectivity index (χ3v) is 3.39. The van der Waals surface area contributed by atoms with Crippen LogP contribution in [0.4, 0.5) is 10.1 Å². The van der Waals surface area contributed by atoms with Crippen LogP contribution in [-0.2, 0) is 4.79 Å². The van der Waals surface area contributed by atoms with Crippen LogP contribution in [0, 0.1) is 11.7 Å². The first-order valence-corrected chi connectivity index (χ1v) is 6.62. The molecule has 20 heavy (non-hydrogen) atoms. The lowest BCUT2D eigenvalue weighted by Gasteiger charge is -2.26. The van der Waals surface area contributed by atoms with Gasteiger partial charge in [-0.2, -0.15) is 0 Å². The molecule has 0 spiro atoms. The molecule has 0 unspecified atom stereocenters. The van der Waals surface area contributed by atoms with Crippen LogP contribution in [0.5, 0.6) is 0 Å². The second kappa shape index (κ2) is 8.07.